The third-order valence-electron chi connectivity index (χ3n) is 5.07. The van der Waals surface area contributed by atoms with Crippen LogP contribution in [0.25, 0.3) is 0 Å². The van der Waals surface area contributed by atoms with E-state index in [4.69, 9.17) is 0 Å². The average molecular weight is 403 g/mol. The Morgan fingerprint density at radius 2 is 1.57 bits per heavy atom. The van der Waals surface area contributed by atoms with Crippen molar-refractivity contribution in [3.05, 3.63) is 90.2 Å². The zero-order valence-electron chi connectivity index (χ0n) is 16.3. The maximum absolute atomic E-state index is 13.2. The smallest absolute Gasteiger partial charge is 0.251 e. The second-order valence-corrected chi connectivity index (χ2v) is 7.18. The molecule has 0 aliphatic carbocycles. The molecule has 3 aromatic rings. The maximum atomic E-state index is 13.2. The molecule has 0 radical (unpaired) electrons. The van der Waals surface area contributed by atoms with Crippen LogP contribution in [-0.4, -0.2) is 18.4 Å². The molecule has 3 aromatic carbocycles. The van der Waals surface area contributed by atoms with Gasteiger partial charge in [0.05, 0.1) is 0 Å². The van der Waals surface area contributed by atoms with E-state index in [0.29, 0.717) is 12.1 Å². The normalized spacial score (nSPS) is 14.4. The second-order valence-electron chi connectivity index (χ2n) is 7.18. The molecule has 1 unspecified atom stereocenters. The van der Waals surface area contributed by atoms with Crippen LogP contribution in [-0.2, 0) is 9.59 Å². The minimum atomic E-state index is -0.643. The van der Waals surface area contributed by atoms with E-state index >= 15 is 0 Å². The third-order valence-corrected chi connectivity index (χ3v) is 5.07. The summed E-state index contributed by atoms with van der Waals surface area (Å²) in [6.07, 6.45) is 1.46. The van der Waals surface area contributed by atoms with Crippen molar-refractivity contribution in [3.8, 4) is 0 Å². The SMILES string of the molecule is O=C(Nc1ccc(F)cc1)C(Nc1ccc(N2CCCC2=O)cc1)c1ccccc1. The van der Waals surface area contributed by atoms with Crippen LogP contribution in [0.1, 0.15) is 24.4 Å². The van der Waals surface area contributed by atoms with Crippen LogP contribution in [0.5, 0.6) is 0 Å². The largest absolute Gasteiger partial charge is 0.370 e. The van der Waals surface area contributed by atoms with E-state index in [0.717, 1.165) is 29.9 Å². The summed E-state index contributed by atoms with van der Waals surface area (Å²) in [6.45, 7) is 0.734. The van der Waals surface area contributed by atoms with Gasteiger partial charge in [-0.1, -0.05) is 30.3 Å². The average Bonchev–Trinajstić information content (AvgIpc) is 3.20. The monoisotopic (exact) mass is 403 g/mol. The Bertz CT molecular complexity index is 1020. The van der Waals surface area contributed by atoms with Gasteiger partial charge in [-0.2, -0.15) is 0 Å². The van der Waals surface area contributed by atoms with Gasteiger partial charge in [0.25, 0.3) is 5.91 Å². The molecule has 1 atom stereocenters. The highest BCUT2D eigenvalue weighted by Crippen LogP contribution is 2.26. The van der Waals surface area contributed by atoms with Gasteiger partial charge in [0.2, 0.25) is 5.91 Å². The summed E-state index contributed by atoms with van der Waals surface area (Å²) in [5, 5.41) is 6.10. The van der Waals surface area contributed by atoms with Crippen LogP contribution in [0.4, 0.5) is 21.5 Å². The molecule has 1 saturated heterocycles. The number of carbonyl (C=O) groups is 2. The van der Waals surface area contributed by atoms with Crippen LogP contribution in [0, 0.1) is 5.82 Å². The summed E-state index contributed by atoms with van der Waals surface area (Å²) >= 11 is 0. The van der Waals surface area contributed by atoms with Gasteiger partial charge in [-0.3, -0.25) is 9.59 Å². The van der Waals surface area contributed by atoms with Crippen molar-refractivity contribution in [1.29, 1.82) is 0 Å². The second kappa shape index (κ2) is 8.78. The van der Waals surface area contributed by atoms with Crippen molar-refractivity contribution < 1.29 is 14.0 Å². The quantitative estimate of drug-likeness (QED) is 0.625. The van der Waals surface area contributed by atoms with Crippen LogP contribution in [0.3, 0.4) is 0 Å². The third kappa shape index (κ3) is 4.49. The lowest BCUT2D eigenvalue weighted by atomic mass is 10.1. The minimum absolute atomic E-state index is 0.136. The van der Waals surface area contributed by atoms with Crippen molar-refractivity contribution in [3.63, 3.8) is 0 Å². The Hall–Kier alpha value is -3.67. The summed E-state index contributed by atoms with van der Waals surface area (Å²) in [7, 11) is 0. The Labute approximate surface area is 174 Å². The molecule has 2 amide bonds. The van der Waals surface area contributed by atoms with E-state index < -0.39 is 6.04 Å². The highest BCUT2D eigenvalue weighted by Gasteiger charge is 2.23. The summed E-state index contributed by atoms with van der Waals surface area (Å²) in [4.78, 5) is 26.7. The summed E-state index contributed by atoms with van der Waals surface area (Å²) < 4.78 is 13.2. The fraction of sp³-hybridized carbons (Fsp3) is 0.167. The molecule has 6 heteroatoms. The molecule has 30 heavy (non-hydrogen) atoms. The van der Waals surface area contributed by atoms with Crippen molar-refractivity contribution in [1.82, 2.24) is 0 Å². The van der Waals surface area contributed by atoms with Gasteiger partial charge in [0.1, 0.15) is 11.9 Å². The summed E-state index contributed by atoms with van der Waals surface area (Å²) in [5.74, 6) is -0.481. The van der Waals surface area contributed by atoms with Crippen LogP contribution >= 0.6 is 0 Å². The molecule has 1 aliphatic rings. The Morgan fingerprint density at radius 1 is 0.900 bits per heavy atom. The highest BCUT2D eigenvalue weighted by atomic mass is 19.1. The summed E-state index contributed by atoms with van der Waals surface area (Å²) in [5.41, 5.74) is 2.94. The van der Waals surface area contributed by atoms with Gasteiger partial charge in [-0.05, 0) is 60.5 Å². The number of halogens is 1. The topological polar surface area (TPSA) is 61.4 Å². The van der Waals surface area contributed by atoms with Crippen LogP contribution in [0.2, 0.25) is 0 Å². The van der Waals surface area contributed by atoms with E-state index in [1.54, 1.807) is 4.90 Å². The molecule has 4 rings (SSSR count). The lowest BCUT2D eigenvalue weighted by Gasteiger charge is -2.21. The number of nitrogens with one attached hydrogen (secondary N) is 2. The number of carbonyl (C=O) groups excluding carboxylic acids is 2. The molecule has 0 saturated carbocycles. The first-order valence-corrected chi connectivity index (χ1v) is 9.88. The van der Waals surface area contributed by atoms with E-state index in [2.05, 4.69) is 10.6 Å². The zero-order valence-corrected chi connectivity index (χ0v) is 16.3. The highest BCUT2D eigenvalue weighted by molar-refractivity contribution is 5.97. The minimum Gasteiger partial charge on any atom is -0.370 e. The van der Waals surface area contributed by atoms with E-state index in [9.17, 15) is 14.0 Å². The van der Waals surface area contributed by atoms with Crippen LogP contribution in [0.15, 0.2) is 78.9 Å². The standard InChI is InChI=1S/C24H22FN3O2/c25-18-8-10-20(11-9-18)27-24(30)23(17-5-2-1-3-6-17)26-19-12-14-21(15-13-19)28-16-4-7-22(28)29/h1-3,5-6,8-15,23,26H,4,7,16H2,(H,27,30). The van der Waals surface area contributed by atoms with Crippen molar-refractivity contribution in [2.24, 2.45) is 0 Å². The number of anilines is 3. The van der Waals surface area contributed by atoms with Crippen molar-refractivity contribution in [2.45, 2.75) is 18.9 Å². The lowest BCUT2D eigenvalue weighted by molar-refractivity contribution is -0.117. The predicted molar refractivity (Wildman–Crippen MR) is 116 cm³/mol. The molecular weight excluding hydrogens is 381 g/mol. The molecular formula is C24H22FN3O2. The molecule has 0 spiro atoms. The fourth-order valence-electron chi connectivity index (χ4n) is 3.52. The predicted octanol–water partition coefficient (Wildman–Crippen LogP) is 4.74. The van der Waals surface area contributed by atoms with Gasteiger partial charge in [-0.25, -0.2) is 4.39 Å². The molecule has 0 bridgehead atoms. The first-order chi connectivity index (χ1) is 14.6. The molecule has 152 valence electrons. The van der Waals surface area contributed by atoms with Gasteiger partial charge >= 0.3 is 0 Å². The fourth-order valence-corrected chi connectivity index (χ4v) is 3.52. The number of hydrogen-bond donors (Lipinski definition) is 2. The van der Waals surface area contributed by atoms with E-state index in [1.807, 2.05) is 54.6 Å². The first kappa shape index (κ1) is 19.6. The van der Waals surface area contributed by atoms with Crippen LogP contribution < -0.4 is 15.5 Å². The molecule has 1 heterocycles. The zero-order chi connectivity index (χ0) is 20.9. The molecule has 2 N–H and O–H groups in total. The van der Waals surface area contributed by atoms with Gasteiger partial charge < -0.3 is 15.5 Å². The van der Waals surface area contributed by atoms with E-state index in [-0.39, 0.29) is 17.6 Å². The first-order valence-electron chi connectivity index (χ1n) is 9.88. The lowest BCUT2D eigenvalue weighted by Crippen LogP contribution is -2.27. The van der Waals surface area contributed by atoms with Gasteiger partial charge in [0, 0.05) is 30.0 Å². The Morgan fingerprint density at radius 3 is 2.20 bits per heavy atom. The summed E-state index contributed by atoms with van der Waals surface area (Å²) in [6, 6.07) is 21.9. The Kier molecular flexibility index (Phi) is 5.75. The number of hydrogen-bond acceptors (Lipinski definition) is 3. The molecule has 1 aliphatic heterocycles. The van der Waals surface area contributed by atoms with Crippen molar-refractivity contribution >= 4 is 28.9 Å². The van der Waals surface area contributed by atoms with E-state index in [1.165, 1.54) is 24.3 Å². The number of rotatable bonds is 6. The molecule has 1 fully saturated rings. The molecule has 5 nitrogen and oxygen atoms in total. The number of amides is 2. The Balaban J connectivity index is 1.53. The van der Waals surface area contributed by atoms with Gasteiger partial charge in [0.15, 0.2) is 0 Å². The maximum Gasteiger partial charge on any atom is 0.251 e. The number of benzene rings is 3. The van der Waals surface area contributed by atoms with Crippen molar-refractivity contribution in [2.75, 3.05) is 22.1 Å². The number of nitrogens with zero attached hydrogens (tertiary/aromatic N) is 1. The molecule has 0 aromatic heterocycles. The van der Waals surface area contributed by atoms with Gasteiger partial charge in [-0.15, -0.1) is 0 Å².